The number of primary amides is 1. The van der Waals surface area contributed by atoms with Gasteiger partial charge in [0, 0.05) is 31.2 Å². The van der Waals surface area contributed by atoms with E-state index in [2.05, 4.69) is 39.7 Å². The van der Waals surface area contributed by atoms with E-state index in [1.54, 1.807) is 24.0 Å². The van der Waals surface area contributed by atoms with Crippen LogP contribution in [0.4, 0.5) is 10.5 Å². The zero-order valence-electron chi connectivity index (χ0n) is 22.4. The van der Waals surface area contributed by atoms with Crippen molar-refractivity contribution in [3.8, 4) is 0 Å². The standard InChI is InChI=1S/C30H29ClN6O4/c1-20-25(26(34-41-20)28(38)33-37(30(32)40)24-14-12-23(31)13-15-24)29(39)36-18-16-35(17-19-36)27(21-8-4-2-5-9-21)22-10-6-3-7-11-22/h2-15,27H,16-19H2,1H3,(H2,32,40)(H,33,38). The molecule has 0 saturated carbocycles. The Balaban J connectivity index is 1.32. The highest BCUT2D eigenvalue weighted by Gasteiger charge is 2.33. The topological polar surface area (TPSA) is 125 Å². The van der Waals surface area contributed by atoms with Crippen LogP contribution in [-0.4, -0.2) is 59.0 Å². The van der Waals surface area contributed by atoms with Crippen LogP contribution >= 0.6 is 11.6 Å². The van der Waals surface area contributed by atoms with Crippen LogP contribution in [0.3, 0.4) is 0 Å². The minimum Gasteiger partial charge on any atom is -0.360 e. The zero-order chi connectivity index (χ0) is 28.9. The smallest absolute Gasteiger partial charge is 0.338 e. The number of nitrogens with two attached hydrogens (primary N) is 1. The molecule has 0 atom stereocenters. The molecule has 1 aromatic heterocycles. The molecule has 0 bridgehead atoms. The first-order chi connectivity index (χ1) is 19.8. The van der Waals surface area contributed by atoms with Gasteiger partial charge in [0.1, 0.15) is 11.3 Å². The predicted octanol–water partition coefficient (Wildman–Crippen LogP) is 4.41. The summed E-state index contributed by atoms with van der Waals surface area (Å²) >= 11 is 5.93. The normalized spacial score (nSPS) is 13.7. The van der Waals surface area contributed by atoms with Crippen LogP contribution in [0.1, 0.15) is 43.8 Å². The van der Waals surface area contributed by atoms with E-state index < -0.39 is 11.9 Å². The average Bonchev–Trinajstić information content (AvgIpc) is 3.39. The number of amides is 4. The van der Waals surface area contributed by atoms with Crippen molar-refractivity contribution in [2.75, 3.05) is 31.2 Å². The number of carbonyl (C=O) groups excluding carboxylic acids is 3. The molecule has 5 rings (SSSR count). The number of anilines is 1. The maximum Gasteiger partial charge on any atom is 0.338 e. The van der Waals surface area contributed by atoms with E-state index in [1.165, 1.54) is 23.3 Å². The number of carbonyl (C=O) groups is 3. The first-order valence-electron chi connectivity index (χ1n) is 13.1. The second-order valence-corrected chi connectivity index (χ2v) is 10.0. The van der Waals surface area contributed by atoms with Crippen LogP contribution in [0.5, 0.6) is 0 Å². The predicted molar refractivity (Wildman–Crippen MR) is 154 cm³/mol. The highest BCUT2D eigenvalue weighted by Crippen LogP contribution is 2.30. The first kappa shape index (κ1) is 27.9. The average molecular weight is 573 g/mol. The monoisotopic (exact) mass is 572 g/mol. The lowest BCUT2D eigenvalue weighted by Gasteiger charge is -2.39. The van der Waals surface area contributed by atoms with E-state index >= 15 is 0 Å². The first-order valence-corrected chi connectivity index (χ1v) is 13.5. The highest BCUT2D eigenvalue weighted by molar-refractivity contribution is 6.30. The van der Waals surface area contributed by atoms with Crippen LogP contribution in [0, 0.1) is 6.92 Å². The molecule has 0 unspecified atom stereocenters. The molecule has 3 N–H and O–H groups in total. The van der Waals surface area contributed by atoms with Crippen LogP contribution in [0.15, 0.2) is 89.5 Å². The Kier molecular flexibility index (Phi) is 8.32. The van der Waals surface area contributed by atoms with Crippen molar-refractivity contribution in [3.63, 3.8) is 0 Å². The lowest BCUT2D eigenvalue weighted by molar-refractivity contribution is 0.0592. The maximum atomic E-state index is 13.7. The number of rotatable bonds is 6. The Morgan fingerprint density at radius 2 is 1.46 bits per heavy atom. The van der Waals surface area contributed by atoms with Crippen molar-refractivity contribution in [2.24, 2.45) is 5.73 Å². The molecule has 10 nitrogen and oxygen atoms in total. The molecule has 1 fully saturated rings. The van der Waals surface area contributed by atoms with Crippen molar-refractivity contribution in [3.05, 3.63) is 118 Å². The maximum absolute atomic E-state index is 13.7. The Morgan fingerprint density at radius 3 is 2.00 bits per heavy atom. The fraction of sp³-hybridized carbons (Fsp3) is 0.200. The van der Waals surface area contributed by atoms with Gasteiger partial charge in [0.2, 0.25) is 0 Å². The number of hydrazine groups is 1. The van der Waals surface area contributed by atoms with E-state index in [-0.39, 0.29) is 34.7 Å². The van der Waals surface area contributed by atoms with Gasteiger partial charge in [-0.05, 0) is 42.3 Å². The van der Waals surface area contributed by atoms with Gasteiger partial charge >= 0.3 is 6.03 Å². The van der Waals surface area contributed by atoms with Gasteiger partial charge in [-0.2, -0.15) is 0 Å². The molecule has 0 aliphatic carbocycles. The molecule has 0 spiro atoms. The molecule has 11 heteroatoms. The Morgan fingerprint density at radius 1 is 0.902 bits per heavy atom. The minimum atomic E-state index is -0.934. The molecule has 2 heterocycles. The number of urea groups is 1. The summed E-state index contributed by atoms with van der Waals surface area (Å²) in [5, 5.41) is 5.13. The second-order valence-electron chi connectivity index (χ2n) is 9.61. The summed E-state index contributed by atoms with van der Waals surface area (Å²) in [5.41, 5.74) is 10.3. The summed E-state index contributed by atoms with van der Waals surface area (Å²) in [5.74, 6) is -0.987. The molecule has 4 amide bonds. The third-order valence-corrected chi connectivity index (χ3v) is 7.26. The Labute approximate surface area is 242 Å². The molecule has 41 heavy (non-hydrogen) atoms. The Hall–Kier alpha value is -4.67. The summed E-state index contributed by atoms with van der Waals surface area (Å²) in [7, 11) is 0. The minimum absolute atomic E-state index is 0.0409. The van der Waals surface area contributed by atoms with Crippen molar-refractivity contribution >= 4 is 35.1 Å². The van der Waals surface area contributed by atoms with Gasteiger partial charge in [-0.15, -0.1) is 0 Å². The molecular formula is C30H29ClN6O4. The van der Waals surface area contributed by atoms with Gasteiger partial charge < -0.3 is 15.2 Å². The third kappa shape index (κ3) is 6.08. The van der Waals surface area contributed by atoms with Crippen LogP contribution in [-0.2, 0) is 0 Å². The number of hydrogen-bond acceptors (Lipinski definition) is 6. The van der Waals surface area contributed by atoms with Gasteiger partial charge in [0.15, 0.2) is 5.69 Å². The molecular weight excluding hydrogens is 544 g/mol. The van der Waals surface area contributed by atoms with Crippen LogP contribution in [0.2, 0.25) is 5.02 Å². The fourth-order valence-electron chi connectivity index (χ4n) is 5.00. The molecule has 210 valence electrons. The molecule has 0 radical (unpaired) electrons. The molecule has 1 aliphatic heterocycles. The van der Waals surface area contributed by atoms with E-state index in [0.29, 0.717) is 31.2 Å². The number of hydrogen-bond donors (Lipinski definition) is 2. The van der Waals surface area contributed by atoms with Crippen LogP contribution in [0.25, 0.3) is 0 Å². The molecule has 1 saturated heterocycles. The zero-order valence-corrected chi connectivity index (χ0v) is 23.1. The highest BCUT2D eigenvalue weighted by atomic mass is 35.5. The van der Waals surface area contributed by atoms with Crippen molar-refractivity contribution in [1.29, 1.82) is 0 Å². The number of nitrogens with one attached hydrogen (secondary N) is 1. The quantitative estimate of drug-likeness (QED) is 0.330. The summed E-state index contributed by atoms with van der Waals surface area (Å²) in [6.07, 6.45) is 0. The number of nitrogens with zero attached hydrogens (tertiary/aromatic N) is 4. The van der Waals surface area contributed by atoms with Crippen LogP contribution < -0.4 is 16.2 Å². The molecule has 3 aromatic carbocycles. The number of aromatic nitrogens is 1. The summed E-state index contributed by atoms with van der Waals surface area (Å²) in [6.45, 7) is 3.70. The summed E-state index contributed by atoms with van der Waals surface area (Å²) < 4.78 is 5.25. The van der Waals surface area contributed by atoms with Gasteiger partial charge in [-0.25, -0.2) is 9.80 Å². The van der Waals surface area contributed by atoms with Gasteiger partial charge in [0.05, 0.1) is 11.7 Å². The van der Waals surface area contributed by atoms with Crippen molar-refractivity contribution in [1.82, 2.24) is 20.4 Å². The van der Waals surface area contributed by atoms with E-state index in [1.807, 2.05) is 36.4 Å². The summed E-state index contributed by atoms with van der Waals surface area (Å²) in [4.78, 5) is 43.0. The summed E-state index contributed by atoms with van der Waals surface area (Å²) in [6, 6.07) is 25.8. The molecule has 1 aliphatic rings. The fourth-order valence-corrected chi connectivity index (χ4v) is 5.12. The third-order valence-electron chi connectivity index (χ3n) is 7.01. The number of aryl methyl sites for hydroxylation is 1. The lowest BCUT2D eigenvalue weighted by atomic mass is 9.96. The lowest BCUT2D eigenvalue weighted by Crippen LogP contribution is -2.51. The van der Waals surface area contributed by atoms with Gasteiger partial charge in [-0.3, -0.25) is 19.9 Å². The van der Waals surface area contributed by atoms with E-state index in [9.17, 15) is 14.4 Å². The Bertz CT molecular complexity index is 1480. The van der Waals surface area contributed by atoms with E-state index in [4.69, 9.17) is 21.9 Å². The number of halogens is 1. The number of benzene rings is 3. The largest absolute Gasteiger partial charge is 0.360 e. The van der Waals surface area contributed by atoms with Crippen molar-refractivity contribution < 1.29 is 18.9 Å². The van der Waals surface area contributed by atoms with Gasteiger partial charge in [-0.1, -0.05) is 77.4 Å². The van der Waals surface area contributed by atoms with E-state index in [0.717, 1.165) is 5.01 Å². The number of piperazine rings is 1. The van der Waals surface area contributed by atoms with Gasteiger partial charge in [0.25, 0.3) is 11.8 Å². The second kappa shape index (κ2) is 12.2. The SMILES string of the molecule is Cc1onc(C(=O)NN(C(N)=O)c2ccc(Cl)cc2)c1C(=O)N1CCN(C(c2ccccc2)c2ccccc2)CC1. The molecule has 4 aromatic rings. The van der Waals surface area contributed by atoms with Crippen molar-refractivity contribution in [2.45, 2.75) is 13.0 Å².